The van der Waals surface area contributed by atoms with Crippen molar-refractivity contribution >= 4 is 12.0 Å². The molecule has 1 aromatic heterocycles. The Labute approximate surface area is 210 Å². The van der Waals surface area contributed by atoms with Crippen LogP contribution in [0, 0.1) is 0 Å². The standard InChI is InChI=1S/C27H34N2O7/c1-33-23-16-19(8-9-22(23)30)6-5-11-28-12-10-21-26(27(32)34-2)24(17-25(31)29(21)14-13-28)36-18-20-7-3-4-15-35-20/h5-6,8-9,16-17,20,30H,3-4,7,10-15,18H2,1-2H3. The van der Waals surface area contributed by atoms with Gasteiger partial charge in [-0.15, -0.1) is 0 Å². The Balaban J connectivity index is 1.48. The van der Waals surface area contributed by atoms with Crippen LogP contribution in [0.3, 0.4) is 0 Å². The van der Waals surface area contributed by atoms with Crippen LogP contribution in [0.5, 0.6) is 17.2 Å². The molecule has 1 aromatic carbocycles. The minimum absolute atomic E-state index is 0.0401. The summed E-state index contributed by atoms with van der Waals surface area (Å²) in [6.07, 6.45) is 7.49. The van der Waals surface area contributed by atoms with Crippen LogP contribution in [0.1, 0.15) is 40.9 Å². The summed E-state index contributed by atoms with van der Waals surface area (Å²) in [6, 6.07) is 6.58. The smallest absolute Gasteiger partial charge is 0.343 e. The number of nitrogens with zero attached hydrogens (tertiary/aromatic N) is 2. The van der Waals surface area contributed by atoms with Crippen molar-refractivity contribution in [2.24, 2.45) is 0 Å². The molecule has 4 rings (SSSR count). The van der Waals surface area contributed by atoms with Gasteiger partial charge in [0.05, 0.1) is 20.3 Å². The van der Waals surface area contributed by atoms with E-state index in [1.165, 1.54) is 20.3 Å². The number of esters is 1. The molecule has 2 aliphatic heterocycles. The summed E-state index contributed by atoms with van der Waals surface area (Å²) in [6.45, 7) is 3.46. The molecule has 9 heteroatoms. The fraction of sp³-hybridized carbons (Fsp3) is 0.481. The van der Waals surface area contributed by atoms with Crippen LogP contribution >= 0.6 is 0 Å². The van der Waals surface area contributed by atoms with Gasteiger partial charge in [-0.2, -0.15) is 0 Å². The highest BCUT2D eigenvalue weighted by Crippen LogP contribution is 2.27. The van der Waals surface area contributed by atoms with Gasteiger partial charge in [0.1, 0.15) is 17.9 Å². The number of pyridine rings is 1. The number of phenolic OH excluding ortho intramolecular Hbond substituents is 1. The molecule has 1 N–H and O–H groups in total. The monoisotopic (exact) mass is 498 g/mol. The highest BCUT2D eigenvalue weighted by molar-refractivity contribution is 5.93. The Kier molecular flexibility index (Phi) is 8.66. The van der Waals surface area contributed by atoms with E-state index in [2.05, 4.69) is 4.90 Å². The summed E-state index contributed by atoms with van der Waals surface area (Å²) in [5, 5.41) is 9.77. The zero-order chi connectivity index (χ0) is 25.5. The minimum Gasteiger partial charge on any atom is -0.504 e. The molecule has 194 valence electrons. The predicted octanol–water partition coefficient (Wildman–Crippen LogP) is 2.87. The van der Waals surface area contributed by atoms with Crippen molar-refractivity contribution < 1.29 is 28.8 Å². The first-order chi connectivity index (χ1) is 17.5. The first kappa shape index (κ1) is 25.8. The average molecular weight is 499 g/mol. The lowest BCUT2D eigenvalue weighted by Gasteiger charge is -2.24. The molecular formula is C27H34N2O7. The molecule has 0 aliphatic carbocycles. The molecule has 1 saturated heterocycles. The molecule has 1 atom stereocenters. The highest BCUT2D eigenvalue weighted by Gasteiger charge is 2.26. The number of hydrogen-bond donors (Lipinski definition) is 1. The van der Waals surface area contributed by atoms with E-state index in [0.29, 0.717) is 62.8 Å². The van der Waals surface area contributed by atoms with Crippen LogP contribution in [0.25, 0.3) is 6.08 Å². The zero-order valence-electron chi connectivity index (χ0n) is 20.9. The third-order valence-electron chi connectivity index (χ3n) is 6.65. The minimum atomic E-state index is -0.507. The van der Waals surface area contributed by atoms with Gasteiger partial charge in [-0.25, -0.2) is 4.79 Å². The van der Waals surface area contributed by atoms with E-state index in [9.17, 15) is 14.7 Å². The normalized spacial score (nSPS) is 18.4. The Morgan fingerprint density at radius 2 is 2.03 bits per heavy atom. The molecule has 0 bridgehead atoms. The summed E-state index contributed by atoms with van der Waals surface area (Å²) in [7, 11) is 2.85. The van der Waals surface area contributed by atoms with Gasteiger partial charge in [-0.1, -0.05) is 18.2 Å². The van der Waals surface area contributed by atoms with Crippen LogP contribution in [0.4, 0.5) is 0 Å². The second kappa shape index (κ2) is 12.1. The summed E-state index contributed by atoms with van der Waals surface area (Å²) in [4.78, 5) is 28.0. The quantitative estimate of drug-likeness (QED) is 0.555. The number of aromatic hydroxyl groups is 1. The SMILES string of the molecule is COC(=O)c1c(OCC2CCCCO2)cc(=O)n2c1CCN(CC=Cc1ccc(O)c(OC)c1)CC2. The van der Waals surface area contributed by atoms with Gasteiger partial charge >= 0.3 is 5.97 Å². The topological polar surface area (TPSA) is 99.5 Å². The zero-order valence-corrected chi connectivity index (χ0v) is 20.9. The van der Waals surface area contributed by atoms with Gasteiger partial charge in [0.25, 0.3) is 5.56 Å². The Hall–Kier alpha value is -3.30. The van der Waals surface area contributed by atoms with Crippen molar-refractivity contribution in [3.8, 4) is 17.2 Å². The van der Waals surface area contributed by atoms with E-state index in [1.807, 2.05) is 18.2 Å². The van der Waals surface area contributed by atoms with Crippen LogP contribution in [0.15, 0.2) is 35.1 Å². The maximum Gasteiger partial charge on any atom is 0.343 e. The van der Waals surface area contributed by atoms with Crippen LogP contribution in [0.2, 0.25) is 0 Å². The van der Waals surface area contributed by atoms with Gasteiger partial charge in [-0.3, -0.25) is 9.69 Å². The van der Waals surface area contributed by atoms with Crippen molar-refractivity contribution in [2.75, 3.05) is 47.1 Å². The first-order valence-electron chi connectivity index (χ1n) is 12.4. The molecule has 0 saturated carbocycles. The van der Waals surface area contributed by atoms with Crippen molar-refractivity contribution in [1.29, 1.82) is 0 Å². The molecule has 0 radical (unpaired) electrons. The Bertz CT molecular complexity index is 1150. The summed E-state index contributed by atoms with van der Waals surface area (Å²) in [5.41, 5.74) is 1.69. The number of aromatic nitrogens is 1. The Morgan fingerprint density at radius 3 is 2.78 bits per heavy atom. The van der Waals surface area contributed by atoms with Gasteiger partial charge in [-0.05, 0) is 37.0 Å². The number of methoxy groups -OCH3 is 2. The number of phenols is 1. The number of rotatable bonds is 8. The molecule has 1 unspecified atom stereocenters. The van der Waals surface area contributed by atoms with Gasteiger partial charge in [0, 0.05) is 51.0 Å². The van der Waals surface area contributed by atoms with Crippen molar-refractivity contribution in [3.63, 3.8) is 0 Å². The van der Waals surface area contributed by atoms with Crippen LogP contribution in [-0.4, -0.2) is 73.7 Å². The lowest BCUT2D eigenvalue weighted by atomic mass is 10.1. The summed E-state index contributed by atoms with van der Waals surface area (Å²) >= 11 is 0. The largest absolute Gasteiger partial charge is 0.504 e. The number of hydrogen-bond acceptors (Lipinski definition) is 8. The van der Waals surface area contributed by atoms with E-state index < -0.39 is 5.97 Å². The predicted molar refractivity (Wildman–Crippen MR) is 135 cm³/mol. The highest BCUT2D eigenvalue weighted by atomic mass is 16.5. The molecule has 9 nitrogen and oxygen atoms in total. The van der Waals surface area contributed by atoms with Crippen molar-refractivity contribution in [3.05, 3.63) is 57.5 Å². The Morgan fingerprint density at radius 1 is 1.17 bits per heavy atom. The number of carbonyl (C=O) groups is 1. The fourth-order valence-electron chi connectivity index (χ4n) is 4.67. The average Bonchev–Trinajstić information content (AvgIpc) is 3.12. The van der Waals surface area contributed by atoms with Gasteiger partial charge < -0.3 is 28.6 Å². The van der Waals surface area contributed by atoms with E-state index in [0.717, 1.165) is 24.8 Å². The molecule has 0 spiro atoms. The van der Waals surface area contributed by atoms with Crippen molar-refractivity contribution in [2.45, 2.75) is 38.3 Å². The van der Waals surface area contributed by atoms with E-state index in [4.69, 9.17) is 18.9 Å². The molecular weight excluding hydrogens is 464 g/mol. The summed E-state index contributed by atoms with van der Waals surface area (Å²) in [5.74, 6) is 0.279. The van der Waals surface area contributed by atoms with Gasteiger partial charge in [0.15, 0.2) is 11.5 Å². The second-order valence-corrected chi connectivity index (χ2v) is 9.00. The third-order valence-corrected chi connectivity index (χ3v) is 6.65. The maximum atomic E-state index is 13.0. The van der Waals surface area contributed by atoms with E-state index in [1.54, 1.807) is 16.7 Å². The van der Waals surface area contributed by atoms with Gasteiger partial charge in [0.2, 0.25) is 0 Å². The number of ether oxygens (including phenoxy) is 4. The maximum absolute atomic E-state index is 13.0. The third kappa shape index (κ3) is 6.09. The number of fused-ring (bicyclic) bond motifs is 1. The lowest BCUT2D eigenvalue weighted by molar-refractivity contribution is -0.0114. The first-order valence-corrected chi connectivity index (χ1v) is 12.4. The molecule has 3 heterocycles. The second-order valence-electron chi connectivity index (χ2n) is 9.00. The number of carbonyl (C=O) groups excluding carboxylic acids is 1. The van der Waals surface area contributed by atoms with Crippen LogP contribution < -0.4 is 15.0 Å². The molecule has 2 aliphatic rings. The molecule has 36 heavy (non-hydrogen) atoms. The summed E-state index contributed by atoms with van der Waals surface area (Å²) < 4.78 is 23.6. The fourth-order valence-corrected chi connectivity index (χ4v) is 4.67. The molecule has 1 fully saturated rings. The molecule has 0 amide bonds. The van der Waals surface area contributed by atoms with E-state index in [-0.39, 0.29) is 23.2 Å². The lowest BCUT2D eigenvalue weighted by Crippen LogP contribution is -2.30. The van der Waals surface area contributed by atoms with Crippen LogP contribution in [-0.2, 0) is 22.4 Å². The van der Waals surface area contributed by atoms with E-state index >= 15 is 0 Å². The molecule has 2 aromatic rings. The van der Waals surface area contributed by atoms with Crippen molar-refractivity contribution in [1.82, 2.24) is 9.47 Å². The number of benzene rings is 1.